The van der Waals surface area contributed by atoms with Gasteiger partial charge in [0.25, 0.3) is 11.6 Å². The number of carbonyl (C=O) groups is 2. The number of nitro benzene ring substituents is 1. The smallest absolute Gasteiger partial charge is 0.405 e. The number of carbonyl (C=O) groups excluding carboxylic acids is 2. The fourth-order valence-corrected chi connectivity index (χ4v) is 1.63. The number of esters is 1. The molecule has 0 spiro atoms. The summed E-state index contributed by atoms with van der Waals surface area (Å²) in [4.78, 5) is 33.5. The average molecular weight is 349 g/mol. The Hall–Kier alpha value is -2.85. The van der Waals surface area contributed by atoms with E-state index in [9.17, 15) is 32.9 Å². The fraction of sp³-hybridized carbons (Fsp3) is 0.385. The zero-order valence-electron chi connectivity index (χ0n) is 12.6. The fourth-order valence-electron chi connectivity index (χ4n) is 1.63. The van der Waals surface area contributed by atoms with E-state index in [1.165, 1.54) is 19.2 Å². The van der Waals surface area contributed by atoms with Crippen LogP contribution >= 0.6 is 0 Å². The second kappa shape index (κ2) is 7.62. The molecular formula is C13H14F3N3O5. The SMILES string of the molecule is CNc1ccc(C(=O)O[C@H](C)C(=O)NCC(F)(F)F)cc1[N+](=O)[O-]. The van der Waals surface area contributed by atoms with Crippen LogP contribution in [0.25, 0.3) is 0 Å². The maximum Gasteiger partial charge on any atom is 0.405 e. The van der Waals surface area contributed by atoms with Gasteiger partial charge in [0, 0.05) is 13.1 Å². The summed E-state index contributed by atoms with van der Waals surface area (Å²) in [5, 5.41) is 15.0. The number of nitrogens with zero attached hydrogens (tertiary/aromatic N) is 1. The third-order valence-corrected chi connectivity index (χ3v) is 2.82. The number of anilines is 1. The number of ether oxygens (including phenoxy) is 1. The van der Waals surface area contributed by atoms with Crippen molar-refractivity contribution in [2.75, 3.05) is 18.9 Å². The molecule has 11 heteroatoms. The van der Waals surface area contributed by atoms with Crippen LogP contribution in [-0.2, 0) is 9.53 Å². The van der Waals surface area contributed by atoms with Crippen molar-refractivity contribution in [1.82, 2.24) is 5.32 Å². The number of amides is 1. The van der Waals surface area contributed by atoms with Gasteiger partial charge in [-0.15, -0.1) is 0 Å². The Morgan fingerprint density at radius 3 is 2.50 bits per heavy atom. The van der Waals surface area contributed by atoms with Crippen LogP contribution in [-0.4, -0.2) is 42.7 Å². The Kier molecular flexibility index (Phi) is 6.09. The van der Waals surface area contributed by atoms with E-state index in [4.69, 9.17) is 4.74 Å². The summed E-state index contributed by atoms with van der Waals surface area (Å²) in [6.45, 7) is -0.476. The predicted molar refractivity (Wildman–Crippen MR) is 76.6 cm³/mol. The molecule has 1 rings (SSSR count). The minimum absolute atomic E-state index is 0.160. The normalized spacial score (nSPS) is 12.2. The van der Waals surface area contributed by atoms with Crippen LogP contribution in [0.5, 0.6) is 0 Å². The Balaban J connectivity index is 2.79. The Bertz CT molecular complexity index is 648. The largest absolute Gasteiger partial charge is 0.449 e. The van der Waals surface area contributed by atoms with E-state index in [2.05, 4.69) is 5.32 Å². The molecule has 1 atom stereocenters. The monoisotopic (exact) mass is 349 g/mol. The first-order valence-electron chi connectivity index (χ1n) is 6.56. The number of nitrogens with one attached hydrogen (secondary N) is 2. The van der Waals surface area contributed by atoms with Gasteiger partial charge in [-0.25, -0.2) is 4.79 Å². The summed E-state index contributed by atoms with van der Waals surface area (Å²) in [6.07, 6.45) is -6.09. The number of rotatable bonds is 6. The number of alkyl halides is 3. The van der Waals surface area contributed by atoms with Crippen LogP contribution in [0.3, 0.4) is 0 Å². The molecule has 1 aromatic carbocycles. The maximum atomic E-state index is 12.0. The van der Waals surface area contributed by atoms with Crippen molar-refractivity contribution in [3.05, 3.63) is 33.9 Å². The lowest BCUT2D eigenvalue weighted by molar-refractivity contribution is -0.384. The van der Waals surface area contributed by atoms with Gasteiger partial charge in [0.1, 0.15) is 12.2 Å². The van der Waals surface area contributed by atoms with Crippen molar-refractivity contribution in [1.29, 1.82) is 0 Å². The molecule has 0 saturated heterocycles. The lowest BCUT2D eigenvalue weighted by Gasteiger charge is -2.14. The van der Waals surface area contributed by atoms with Gasteiger partial charge in [0.2, 0.25) is 0 Å². The van der Waals surface area contributed by atoms with Gasteiger partial charge in [-0.1, -0.05) is 0 Å². The summed E-state index contributed by atoms with van der Waals surface area (Å²) < 4.78 is 40.7. The maximum absolute atomic E-state index is 12.0. The molecule has 0 heterocycles. The standard InChI is InChI=1S/C13H14F3N3O5/c1-7(11(20)18-6-13(14,15)16)24-12(21)8-3-4-9(17-2)10(5-8)19(22)23/h3-5,7,17H,6H2,1-2H3,(H,18,20)/t7-/m1/s1. The molecule has 2 N–H and O–H groups in total. The lowest BCUT2D eigenvalue weighted by Crippen LogP contribution is -2.40. The summed E-state index contributed by atoms with van der Waals surface area (Å²) >= 11 is 0. The third-order valence-electron chi connectivity index (χ3n) is 2.82. The van der Waals surface area contributed by atoms with E-state index < -0.39 is 35.6 Å². The number of halogens is 3. The molecular weight excluding hydrogens is 335 g/mol. The molecule has 0 aliphatic heterocycles. The summed E-state index contributed by atoms with van der Waals surface area (Å²) in [5.41, 5.74) is -0.440. The van der Waals surface area contributed by atoms with Crippen molar-refractivity contribution < 1.29 is 32.4 Å². The Labute approximate surface area is 134 Å². The third kappa shape index (κ3) is 5.41. The van der Waals surface area contributed by atoms with Crippen molar-refractivity contribution in [2.45, 2.75) is 19.2 Å². The molecule has 0 radical (unpaired) electrons. The first-order valence-corrected chi connectivity index (χ1v) is 6.56. The minimum atomic E-state index is -4.59. The van der Waals surface area contributed by atoms with Crippen LogP contribution in [0.1, 0.15) is 17.3 Å². The number of hydrogen-bond donors (Lipinski definition) is 2. The molecule has 0 saturated carbocycles. The molecule has 0 bridgehead atoms. The van der Waals surface area contributed by atoms with Crippen molar-refractivity contribution in [2.24, 2.45) is 0 Å². The first-order chi connectivity index (χ1) is 11.0. The quantitative estimate of drug-likeness (QED) is 0.461. The van der Waals surface area contributed by atoms with Crippen LogP contribution < -0.4 is 10.6 Å². The first kappa shape index (κ1) is 19.2. The van der Waals surface area contributed by atoms with Gasteiger partial charge in [0.05, 0.1) is 10.5 Å². The van der Waals surface area contributed by atoms with Crippen LogP contribution in [0.4, 0.5) is 24.5 Å². The molecule has 0 aliphatic carbocycles. The zero-order chi connectivity index (χ0) is 18.5. The summed E-state index contributed by atoms with van der Waals surface area (Å²) in [7, 11) is 1.45. The molecule has 8 nitrogen and oxygen atoms in total. The second-order valence-electron chi connectivity index (χ2n) is 4.62. The van der Waals surface area contributed by atoms with Gasteiger partial charge in [-0.2, -0.15) is 13.2 Å². The van der Waals surface area contributed by atoms with Gasteiger partial charge in [0.15, 0.2) is 6.10 Å². The average Bonchev–Trinajstić information content (AvgIpc) is 2.50. The van der Waals surface area contributed by atoms with Crippen molar-refractivity contribution in [3.8, 4) is 0 Å². The second-order valence-corrected chi connectivity index (χ2v) is 4.62. The van der Waals surface area contributed by atoms with Crippen LogP contribution in [0.15, 0.2) is 18.2 Å². The van der Waals surface area contributed by atoms with Gasteiger partial charge in [-0.3, -0.25) is 14.9 Å². The molecule has 1 aromatic rings. The topological polar surface area (TPSA) is 111 Å². The lowest BCUT2D eigenvalue weighted by atomic mass is 10.1. The van der Waals surface area contributed by atoms with E-state index in [0.717, 1.165) is 13.0 Å². The minimum Gasteiger partial charge on any atom is -0.449 e. The van der Waals surface area contributed by atoms with Crippen LogP contribution in [0, 0.1) is 10.1 Å². The highest BCUT2D eigenvalue weighted by Crippen LogP contribution is 2.25. The van der Waals surface area contributed by atoms with Crippen molar-refractivity contribution >= 4 is 23.3 Å². The molecule has 132 valence electrons. The molecule has 0 fully saturated rings. The number of nitro groups is 1. The molecule has 24 heavy (non-hydrogen) atoms. The highest BCUT2D eigenvalue weighted by molar-refractivity contribution is 5.93. The summed E-state index contributed by atoms with van der Waals surface area (Å²) in [5.74, 6) is -2.21. The molecule has 1 amide bonds. The molecule has 0 unspecified atom stereocenters. The predicted octanol–water partition coefficient (Wildman–Crippen LogP) is 1.86. The number of hydrogen-bond acceptors (Lipinski definition) is 6. The molecule has 0 aliphatic rings. The van der Waals surface area contributed by atoms with Gasteiger partial charge < -0.3 is 15.4 Å². The van der Waals surface area contributed by atoms with E-state index in [1.54, 1.807) is 5.32 Å². The van der Waals surface area contributed by atoms with E-state index in [0.29, 0.717) is 0 Å². The number of benzene rings is 1. The summed E-state index contributed by atoms with van der Waals surface area (Å²) in [6, 6.07) is 3.43. The van der Waals surface area contributed by atoms with E-state index in [1.807, 2.05) is 0 Å². The van der Waals surface area contributed by atoms with E-state index >= 15 is 0 Å². The van der Waals surface area contributed by atoms with Crippen LogP contribution in [0.2, 0.25) is 0 Å². The molecule has 0 aromatic heterocycles. The highest BCUT2D eigenvalue weighted by Gasteiger charge is 2.29. The zero-order valence-corrected chi connectivity index (χ0v) is 12.6. The van der Waals surface area contributed by atoms with Crippen molar-refractivity contribution in [3.63, 3.8) is 0 Å². The Morgan fingerprint density at radius 2 is 2.00 bits per heavy atom. The van der Waals surface area contributed by atoms with Gasteiger partial charge >= 0.3 is 12.1 Å². The Morgan fingerprint density at radius 1 is 1.38 bits per heavy atom. The van der Waals surface area contributed by atoms with Gasteiger partial charge in [-0.05, 0) is 19.1 Å². The van der Waals surface area contributed by atoms with E-state index in [-0.39, 0.29) is 16.9 Å². The highest BCUT2D eigenvalue weighted by atomic mass is 19.4.